The lowest BCUT2D eigenvalue weighted by Gasteiger charge is -2.12. The van der Waals surface area contributed by atoms with Crippen LogP contribution in [-0.2, 0) is 6.61 Å². The van der Waals surface area contributed by atoms with E-state index in [1.54, 1.807) is 36.4 Å². The van der Waals surface area contributed by atoms with Crippen LogP contribution in [0.2, 0.25) is 0 Å². The zero-order valence-electron chi connectivity index (χ0n) is 17.1. The molecule has 3 aromatic rings. The number of ether oxygens (including phenoxy) is 2. The van der Waals surface area contributed by atoms with Crippen LogP contribution in [0, 0.1) is 17.5 Å². The predicted molar refractivity (Wildman–Crippen MR) is 113 cm³/mol. The van der Waals surface area contributed by atoms with E-state index >= 15 is 0 Å². The Morgan fingerprint density at radius 1 is 0.968 bits per heavy atom. The standard InChI is InChI=1S/C25H23F3O3/c1-3-4-13-30-23-12-11-21(24(27)25(23)28)18-7-5-17(6-8-18)15-31-19-9-10-20(16(2)29)22(26)14-19/h3,5-12,14,16,29H,1,4,13,15H2,2H3. The maximum absolute atomic E-state index is 14.5. The van der Waals surface area contributed by atoms with E-state index in [0.29, 0.717) is 17.7 Å². The third kappa shape index (κ3) is 5.47. The van der Waals surface area contributed by atoms with Gasteiger partial charge in [-0.2, -0.15) is 4.39 Å². The van der Waals surface area contributed by atoms with E-state index in [0.717, 1.165) is 5.56 Å². The summed E-state index contributed by atoms with van der Waals surface area (Å²) in [4.78, 5) is 0. The molecule has 1 unspecified atom stereocenters. The highest BCUT2D eigenvalue weighted by atomic mass is 19.2. The molecule has 31 heavy (non-hydrogen) atoms. The highest BCUT2D eigenvalue weighted by molar-refractivity contribution is 5.65. The van der Waals surface area contributed by atoms with Crippen molar-refractivity contribution in [2.24, 2.45) is 0 Å². The Labute approximate surface area is 179 Å². The quantitative estimate of drug-likeness (QED) is 0.318. The second-order valence-electron chi connectivity index (χ2n) is 7.01. The summed E-state index contributed by atoms with van der Waals surface area (Å²) in [5, 5.41) is 9.48. The maximum Gasteiger partial charge on any atom is 0.201 e. The Morgan fingerprint density at radius 2 is 1.71 bits per heavy atom. The molecule has 1 atom stereocenters. The summed E-state index contributed by atoms with van der Waals surface area (Å²) in [6.07, 6.45) is 1.26. The lowest BCUT2D eigenvalue weighted by molar-refractivity contribution is 0.194. The first-order valence-corrected chi connectivity index (χ1v) is 9.82. The zero-order chi connectivity index (χ0) is 22.4. The molecule has 0 amide bonds. The van der Waals surface area contributed by atoms with Crippen LogP contribution in [-0.4, -0.2) is 11.7 Å². The van der Waals surface area contributed by atoms with E-state index in [2.05, 4.69) is 6.58 Å². The van der Waals surface area contributed by atoms with Gasteiger partial charge in [-0.25, -0.2) is 8.78 Å². The number of hydrogen-bond donors (Lipinski definition) is 1. The predicted octanol–water partition coefficient (Wildman–Crippen LogP) is 6.36. The van der Waals surface area contributed by atoms with Gasteiger partial charge in [-0.3, -0.25) is 0 Å². The number of halogens is 3. The smallest absolute Gasteiger partial charge is 0.201 e. The minimum Gasteiger partial charge on any atom is -0.490 e. The molecular weight excluding hydrogens is 405 g/mol. The molecule has 0 heterocycles. The van der Waals surface area contributed by atoms with Crippen molar-refractivity contribution in [2.75, 3.05) is 6.61 Å². The fraction of sp³-hybridized carbons (Fsp3) is 0.200. The van der Waals surface area contributed by atoms with Gasteiger partial charge in [0, 0.05) is 17.2 Å². The summed E-state index contributed by atoms with van der Waals surface area (Å²) in [6, 6.07) is 13.9. The van der Waals surface area contributed by atoms with Crippen molar-refractivity contribution >= 4 is 0 Å². The normalized spacial score (nSPS) is 11.8. The highest BCUT2D eigenvalue weighted by Crippen LogP contribution is 2.30. The molecule has 0 aromatic heterocycles. The van der Waals surface area contributed by atoms with Crippen LogP contribution >= 0.6 is 0 Å². The number of hydrogen-bond acceptors (Lipinski definition) is 3. The van der Waals surface area contributed by atoms with Crippen LogP contribution in [0.25, 0.3) is 11.1 Å². The lowest BCUT2D eigenvalue weighted by Crippen LogP contribution is -2.01. The van der Waals surface area contributed by atoms with E-state index in [4.69, 9.17) is 9.47 Å². The van der Waals surface area contributed by atoms with Crippen LogP contribution < -0.4 is 9.47 Å². The highest BCUT2D eigenvalue weighted by Gasteiger charge is 2.16. The summed E-state index contributed by atoms with van der Waals surface area (Å²) in [5.74, 6) is -2.37. The molecule has 0 saturated heterocycles. The molecule has 0 aliphatic carbocycles. The lowest BCUT2D eigenvalue weighted by atomic mass is 10.0. The molecule has 0 aliphatic heterocycles. The summed E-state index contributed by atoms with van der Waals surface area (Å²) < 4.78 is 53.5. The number of rotatable bonds is 9. The summed E-state index contributed by atoms with van der Waals surface area (Å²) >= 11 is 0. The molecule has 0 saturated carbocycles. The molecule has 3 nitrogen and oxygen atoms in total. The fourth-order valence-corrected chi connectivity index (χ4v) is 3.00. The summed E-state index contributed by atoms with van der Waals surface area (Å²) in [7, 11) is 0. The van der Waals surface area contributed by atoms with Crippen LogP contribution in [0.4, 0.5) is 13.2 Å². The van der Waals surface area contributed by atoms with Crippen molar-refractivity contribution in [3.63, 3.8) is 0 Å². The zero-order valence-corrected chi connectivity index (χ0v) is 17.1. The Balaban J connectivity index is 1.68. The second kappa shape index (κ2) is 10.2. The average Bonchev–Trinajstić information content (AvgIpc) is 2.76. The van der Waals surface area contributed by atoms with E-state index in [1.807, 2.05) is 0 Å². The van der Waals surface area contributed by atoms with E-state index in [1.165, 1.54) is 31.2 Å². The Morgan fingerprint density at radius 3 is 2.35 bits per heavy atom. The first-order valence-electron chi connectivity index (χ1n) is 9.82. The van der Waals surface area contributed by atoms with Crippen LogP contribution in [0.15, 0.2) is 67.3 Å². The minimum atomic E-state index is -1.03. The summed E-state index contributed by atoms with van der Waals surface area (Å²) in [6.45, 7) is 5.43. The topological polar surface area (TPSA) is 38.7 Å². The van der Waals surface area contributed by atoms with Gasteiger partial charge in [0.2, 0.25) is 5.82 Å². The summed E-state index contributed by atoms with van der Waals surface area (Å²) in [5.41, 5.74) is 1.60. The largest absolute Gasteiger partial charge is 0.490 e. The molecule has 0 radical (unpaired) electrons. The third-order valence-corrected chi connectivity index (χ3v) is 4.72. The molecule has 3 aromatic carbocycles. The maximum atomic E-state index is 14.5. The van der Waals surface area contributed by atoms with E-state index in [-0.39, 0.29) is 30.1 Å². The fourth-order valence-electron chi connectivity index (χ4n) is 3.00. The van der Waals surface area contributed by atoms with E-state index in [9.17, 15) is 18.3 Å². The van der Waals surface area contributed by atoms with Gasteiger partial charge in [-0.1, -0.05) is 30.3 Å². The van der Waals surface area contributed by atoms with Crippen LogP contribution in [0.1, 0.15) is 30.6 Å². The number of aliphatic hydroxyl groups is 1. The Hall–Kier alpha value is -3.25. The van der Waals surface area contributed by atoms with Crippen LogP contribution in [0.3, 0.4) is 0 Å². The third-order valence-electron chi connectivity index (χ3n) is 4.72. The molecule has 162 valence electrons. The van der Waals surface area contributed by atoms with Crippen molar-refractivity contribution in [3.8, 4) is 22.6 Å². The van der Waals surface area contributed by atoms with Crippen molar-refractivity contribution in [3.05, 3.63) is 95.8 Å². The first-order chi connectivity index (χ1) is 14.9. The average molecular weight is 428 g/mol. The van der Waals surface area contributed by atoms with Gasteiger partial charge >= 0.3 is 0 Å². The molecule has 3 rings (SSSR count). The molecular formula is C25H23F3O3. The van der Waals surface area contributed by atoms with Gasteiger partial charge < -0.3 is 14.6 Å². The SMILES string of the molecule is C=CCCOc1ccc(-c2ccc(COc3ccc(C(C)O)c(F)c3)cc2)c(F)c1F. The van der Waals surface area contributed by atoms with Gasteiger partial charge in [-0.15, -0.1) is 6.58 Å². The molecule has 1 N–H and O–H groups in total. The molecule has 0 fully saturated rings. The first kappa shape index (κ1) is 22.4. The molecule has 0 aliphatic rings. The van der Waals surface area contributed by atoms with Crippen molar-refractivity contribution in [1.29, 1.82) is 0 Å². The van der Waals surface area contributed by atoms with E-state index < -0.39 is 23.6 Å². The molecule has 6 heteroatoms. The van der Waals surface area contributed by atoms with Gasteiger partial charge in [0.05, 0.1) is 12.7 Å². The molecule has 0 spiro atoms. The monoisotopic (exact) mass is 428 g/mol. The molecule has 0 bridgehead atoms. The Kier molecular flexibility index (Phi) is 7.36. The number of aliphatic hydroxyl groups excluding tert-OH is 1. The van der Waals surface area contributed by atoms with Gasteiger partial charge in [-0.05, 0) is 48.7 Å². The number of benzene rings is 3. The van der Waals surface area contributed by atoms with Gasteiger partial charge in [0.1, 0.15) is 18.2 Å². The van der Waals surface area contributed by atoms with Crippen LogP contribution in [0.5, 0.6) is 11.5 Å². The second-order valence-corrected chi connectivity index (χ2v) is 7.01. The minimum absolute atomic E-state index is 0.122. The van der Waals surface area contributed by atoms with Gasteiger partial charge in [0.15, 0.2) is 11.6 Å². The van der Waals surface area contributed by atoms with Crippen molar-refractivity contribution < 1.29 is 27.8 Å². The van der Waals surface area contributed by atoms with Crippen molar-refractivity contribution in [2.45, 2.75) is 26.1 Å². The van der Waals surface area contributed by atoms with Gasteiger partial charge in [0.25, 0.3) is 0 Å². The Bertz CT molecular complexity index is 1050. The van der Waals surface area contributed by atoms with Crippen molar-refractivity contribution in [1.82, 2.24) is 0 Å².